The van der Waals surface area contributed by atoms with Crippen molar-refractivity contribution in [3.05, 3.63) is 53.6 Å². The van der Waals surface area contributed by atoms with E-state index in [2.05, 4.69) is 15.3 Å². The minimum Gasteiger partial charge on any atom is -0.506 e. The van der Waals surface area contributed by atoms with Crippen molar-refractivity contribution >= 4 is 0 Å². The Kier molecular flexibility index (Phi) is 4.25. The lowest BCUT2D eigenvalue weighted by atomic mass is 10.2. The quantitative estimate of drug-likeness (QED) is 0.786. The number of pyridine rings is 2. The van der Waals surface area contributed by atoms with Gasteiger partial charge in [-0.2, -0.15) is 0 Å². The molecule has 4 nitrogen and oxygen atoms in total. The first-order chi connectivity index (χ1) is 8.75. The van der Waals surface area contributed by atoms with Gasteiger partial charge in [-0.3, -0.25) is 9.97 Å². The molecule has 0 radical (unpaired) electrons. The molecule has 2 aromatic rings. The Balaban J connectivity index is 1.80. The molecule has 0 saturated heterocycles. The second-order valence-electron chi connectivity index (χ2n) is 4.17. The van der Waals surface area contributed by atoms with Gasteiger partial charge in [-0.25, -0.2) is 0 Å². The van der Waals surface area contributed by atoms with Crippen LogP contribution in [-0.2, 0) is 13.0 Å². The van der Waals surface area contributed by atoms with E-state index in [1.54, 1.807) is 18.3 Å². The summed E-state index contributed by atoms with van der Waals surface area (Å²) in [5.41, 5.74) is 2.66. The number of hydrogen-bond acceptors (Lipinski definition) is 4. The lowest BCUT2D eigenvalue weighted by Gasteiger charge is -2.06. The van der Waals surface area contributed by atoms with Gasteiger partial charge in [0.2, 0.25) is 0 Å². The van der Waals surface area contributed by atoms with Gasteiger partial charge in [0, 0.05) is 37.1 Å². The van der Waals surface area contributed by atoms with Crippen molar-refractivity contribution in [1.82, 2.24) is 15.3 Å². The van der Waals surface area contributed by atoms with Crippen LogP contribution in [-0.4, -0.2) is 21.6 Å². The molecule has 94 valence electrons. The van der Waals surface area contributed by atoms with Crippen molar-refractivity contribution in [2.75, 3.05) is 6.54 Å². The van der Waals surface area contributed by atoms with E-state index in [-0.39, 0.29) is 5.75 Å². The minimum atomic E-state index is 0.242. The summed E-state index contributed by atoms with van der Waals surface area (Å²) >= 11 is 0. The molecule has 2 N–H and O–H groups in total. The van der Waals surface area contributed by atoms with E-state index < -0.39 is 0 Å². The minimum absolute atomic E-state index is 0.242. The molecule has 0 aliphatic carbocycles. The van der Waals surface area contributed by atoms with Crippen molar-refractivity contribution in [3.63, 3.8) is 0 Å². The molecule has 0 aliphatic rings. The van der Waals surface area contributed by atoms with Gasteiger partial charge in [0.25, 0.3) is 0 Å². The summed E-state index contributed by atoms with van der Waals surface area (Å²) in [6.07, 6.45) is 2.66. The fourth-order valence-electron chi connectivity index (χ4n) is 1.70. The summed E-state index contributed by atoms with van der Waals surface area (Å²) in [4.78, 5) is 8.54. The summed E-state index contributed by atoms with van der Waals surface area (Å²) < 4.78 is 0. The van der Waals surface area contributed by atoms with Crippen molar-refractivity contribution in [3.8, 4) is 5.75 Å². The molecule has 0 bridgehead atoms. The maximum Gasteiger partial charge on any atom is 0.138 e. The third kappa shape index (κ3) is 3.53. The van der Waals surface area contributed by atoms with E-state index in [1.807, 2.05) is 25.1 Å². The SMILES string of the molecule is Cc1ccc(O)c(CNCCc2ccccn2)n1. The number of aromatic hydroxyl groups is 1. The number of aromatic nitrogens is 2. The van der Waals surface area contributed by atoms with Crippen LogP contribution in [0.2, 0.25) is 0 Å². The van der Waals surface area contributed by atoms with Crippen LogP contribution < -0.4 is 5.32 Å². The highest BCUT2D eigenvalue weighted by atomic mass is 16.3. The summed E-state index contributed by atoms with van der Waals surface area (Å²) in [5, 5.41) is 12.9. The second kappa shape index (κ2) is 6.12. The smallest absolute Gasteiger partial charge is 0.138 e. The van der Waals surface area contributed by atoms with Gasteiger partial charge in [0.15, 0.2) is 0 Å². The Morgan fingerprint density at radius 3 is 2.89 bits per heavy atom. The molecule has 0 saturated carbocycles. The summed E-state index contributed by atoms with van der Waals surface area (Å²) in [5.74, 6) is 0.242. The van der Waals surface area contributed by atoms with Gasteiger partial charge in [-0.1, -0.05) is 6.07 Å². The Labute approximate surface area is 107 Å². The molecule has 18 heavy (non-hydrogen) atoms. The van der Waals surface area contributed by atoms with Crippen LogP contribution >= 0.6 is 0 Å². The molecule has 4 heteroatoms. The van der Waals surface area contributed by atoms with Crippen molar-refractivity contribution in [2.24, 2.45) is 0 Å². The molecule has 2 rings (SSSR count). The normalized spacial score (nSPS) is 10.5. The molecule has 2 heterocycles. The van der Waals surface area contributed by atoms with Gasteiger partial charge in [-0.05, 0) is 31.2 Å². The second-order valence-corrected chi connectivity index (χ2v) is 4.17. The van der Waals surface area contributed by atoms with Crippen molar-refractivity contribution in [2.45, 2.75) is 19.9 Å². The van der Waals surface area contributed by atoms with E-state index in [4.69, 9.17) is 0 Å². The van der Waals surface area contributed by atoms with Crippen LogP contribution in [0.4, 0.5) is 0 Å². The largest absolute Gasteiger partial charge is 0.506 e. The number of hydrogen-bond donors (Lipinski definition) is 2. The van der Waals surface area contributed by atoms with Crippen molar-refractivity contribution < 1.29 is 5.11 Å². The van der Waals surface area contributed by atoms with E-state index in [0.29, 0.717) is 12.2 Å². The lowest BCUT2D eigenvalue weighted by Crippen LogP contribution is -2.18. The number of rotatable bonds is 5. The highest BCUT2D eigenvalue weighted by Gasteiger charge is 2.02. The fourth-order valence-corrected chi connectivity index (χ4v) is 1.70. The Morgan fingerprint density at radius 1 is 1.22 bits per heavy atom. The average molecular weight is 243 g/mol. The molecule has 0 fully saturated rings. The first-order valence-corrected chi connectivity index (χ1v) is 6.02. The third-order valence-electron chi connectivity index (χ3n) is 2.67. The number of nitrogens with zero attached hydrogens (tertiary/aromatic N) is 2. The van der Waals surface area contributed by atoms with E-state index in [9.17, 15) is 5.11 Å². The van der Waals surface area contributed by atoms with Gasteiger partial charge in [0.1, 0.15) is 5.75 Å². The first kappa shape index (κ1) is 12.5. The van der Waals surface area contributed by atoms with Crippen LogP contribution in [0.3, 0.4) is 0 Å². The molecular formula is C14H17N3O. The van der Waals surface area contributed by atoms with Crippen LogP contribution in [0.5, 0.6) is 5.75 Å². The average Bonchev–Trinajstić information content (AvgIpc) is 2.40. The van der Waals surface area contributed by atoms with Gasteiger partial charge in [-0.15, -0.1) is 0 Å². The first-order valence-electron chi connectivity index (χ1n) is 6.02. The summed E-state index contributed by atoms with van der Waals surface area (Å²) in [6, 6.07) is 9.37. The number of aryl methyl sites for hydroxylation is 1. The van der Waals surface area contributed by atoms with Crippen molar-refractivity contribution in [1.29, 1.82) is 0 Å². The predicted molar refractivity (Wildman–Crippen MR) is 70.3 cm³/mol. The standard InChI is InChI=1S/C14H17N3O/c1-11-5-6-14(18)13(17-11)10-15-9-7-12-4-2-3-8-16-12/h2-6,8,15,18H,7,9-10H2,1H3. The van der Waals surface area contributed by atoms with Gasteiger partial charge in [0.05, 0.1) is 5.69 Å². The molecule has 0 aromatic carbocycles. The number of nitrogens with one attached hydrogen (secondary N) is 1. The van der Waals surface area contributed by atoms with Gasteiger partial charge < -0.3 is 10.4 Å². The molecule has 0 unspecified atom stereocenters. The lowest BCUT2D eigenvalue weighted by molar-refractivity contribution is 0.459. The molecule has 0 amide bonds. The van der Waals surface area contributed by atoms with Crippen LogP contribution in [0.1, 0.15) is 17.1 Å². The zero-order valence-electron chi connectivity index (χ0n) is 10.4. The van der Waals surface area contributed by atoms with Crippen LogP contribution in [0, 0.1) is 6.92 Å². The Morgan fingerprint density at radius 2 is 2.11 bits per heavy atom. The maximum atomic E-state index is 9.64. The van der Waals surface area contributed by atoms with Crippen LogP contribution in [0.15, 0.2) is 36.5 Å². The Hall–Kier alpha value is -1.94. The summed E-state index contributed by atoms with van der Waals surface area (Å²) in [7, 11) is 0. The Bertz CT molecular complexity index is 500. The van der Waals surface area contributed by atoms with E-state index >= 15 is 0 Å². The highest BCUT2D eigenvalue weighted by molar-refractivity contribution is 5.27. The zero-order valence-corrected chi connectivity index (χ0v) is 10.4. The molecule has 0 aliphatic heterocycles. The van der Waals surface area contributed by atoms with Gasteiger partial charge >= 0.3 is 0 Å². The molecular weight excluding hydrogens is 226 g/mol. The van der Waals surface area contributed by atoms with E-state index in [0.717, 1.165) is 24.4 Å². The monoisotopic (exact) mass is 243 g/mol. The zero-order chi connectivity index (χ0) is 12.8. The molecule has 2 aromatic heterocycles. The molecule has 0 spiro atoms. The highest BCUT2D eigenvalue weighted by Crippen LogP contribution is 2.13. The maximum absolute atomic E-state index is 9.64. The third-order valence-corrected chi connectivity index (χ3v) is 2.67. The fraction of sp³-hybridized carbons (Fsp3) is 0.286. The van der Waals surface area contributed by atoms with E-state index in [1.165, 1.54) is 0 Å². The predicted octanol–water partition coefficient (Wildman–Crippen LogP) is 1.82. The topological polar surface area (TPSA) is 58.0 Å². The summed E-state index contributed by atoms with van der Waals surface area (Å²) in [6.45, 7) is 3.29. The molecule has 0 atom stereocenters. The van der Waals surface area contributed by atoms with Crippen LogP contribution in [0.25, 0.3) is 0 Å².